The van der Waals surface area contributed by atoms with E-state index in [4.69, 9.17) is 0 Å². The highest BCUT2D eigenvalue weighted by atomic mass is 19.4. The summed E-state index contributed by atoms with van der Waals surface area (Å²) in [4.78, 5) is 0. The van der Waals surface area contributed by atoms with Crippen LogP contribution < -0.4 is 5.32 Å². The second-order valence-corrected chi connectivity index (χ2v) is 4.21. The van der Waals surface area contributed by atoms with Crippen LogP contribution in [0, 0.1) is 0 Å². The Morgan fingerprint density at radius 3 is 1.84 bits per heavy atom. The quantitative estimate of drug-likeness (QED) is 0.545. The van der Waals surface area contributed by atoms with Crippen LogP contribution in [0.5, 0.6) is 0 Å². The molecule has 0 radical (unpaired) electrons. The van der Waals surface area contributed by atoms with E-state index in [1.165, 1.54) is 0 Å². The van der Waals surface area contributed by atoms with Crippen molar-refractivity contribution in [1.82, 2.24) is 5.32 Å². The van der Waals surface area contributed by atoms with Gasteiger partial charge in [-0.2, -0.15) is 26.3 Å². The van der Waals surface area contributed by atoms with Crippen LogP contribution in [0.25, 0.3) is 0 Å². The van der Waals surface area contributed by atoms with Gasteiger partial charge in [0, 0.05) is 6.54 Å². The normalized spacial score (nSPS) is 15.0. The predicted octanol–water partition coefficient (Wildman–Crippen LogP) is 3.66. The van der Waals surface area contributed by atoms with Crippen LogP contribution in [0.2, 0.25) is 0 Å². The summed E-state index contributed by atoms with van der Waals surface area (Å²) < 4.78 is 78.3. The maximum atomic E-state index is 12.3. The predicted molar refractivity (Wildman–Crippen MR) is 58.8 cm³/mol. The number of halogens is 6. The summed E-state index contributed by atoms with van der Waals surface area (Å²) in [5, 5.41) is 2.77. The zero-order valence-corrected chi connectivity index (χ0v) is 10.9. The molecule has 19 heavy (non-hydrogen) atoms. The van der Waals surface area contributed by atoms with E-state index >= 15 is 0 Å². The zero-order valence-electron chi connectivity index (χ0n) is 10.9. The Morgan fingerprint density at radius 2 is 1.47 bits per heavy atom. The van der Waals surface area contributed by atoms with E-state index in [9.17, 15) is 26.3 Å². The molecule has 1 N–H and O–H groups in total. The molecule has 2 nitrogen and oxygen atoms in total. The van der Waals surface area contributed by atoms with Gasteiger partial charge in [0.1, 0.15) is 0 Å². The van der Waals surface area contributed by atoms with Crippen molar-refractivity contribution in [2.45, 2.75) is 57.7 Å². The molecule has 1 unspecified atom stereocenters. The molecule has 8 heteroatoms. The fourth-order valence-corrected chi connectivity index (χ4v) is 1.51. The zero-order chi connectivity index (χ0) is 15.1. The average molecular weight is 295 g/mol. The number of alkyl halides is 6. The molecule has 0 aromatic rings. The van der Waals surface area contributed by atoms with Gasteiger partial charge in [0.05, 0.1) is 6.10 Å². The van der Waals surface area contributed by atoms with E-state index < -0.39 is 24.6 Å². The van der Waals surface area contributed by atoms with E-state index in [0.29, 0.717) is 13.0 Å². The van der Waals surface area contributed by atoms with Gasteiger partial charge in [-0.05, 0) is 19.4 Å². The Bertz CT molecular complexity index is 226. The molecular formula is C11H19F6NO. The van der Waals surface area contributed by atoms with Gasteiger partial charge < -0.3 is 10.1 Å². The van der Waals surface area contributed by atoms with Crippen molar-refractivity contribution in [2.24, 2.45) is 0 Å². The number of nitrogens with one attached hydrogen (secondary N) is 1. The maximum Gasteiger partial charge on any atom is 0.423 e. The Kier molecular flexibility index (Phi) is 7.73. The molecular weight excluding hydrogens is 276 g/mol. The average Bonchev–Trinajstić information content (AvgIpc) is 2.22. The fourth-order valence-electron chi connectivity index (χ4n) is 1.51. The third-order valence-corrected chi connectivity index (χ3v) is 2.33. The van der Waals surface area contributed by atoms with E-state index in [0.717, 1.165) is 6.42 Å². The minimum absolute atomic E-state index is 0.0235. The lowest BCUT2D eigenvalue weighted by Gasteiger charge is -2.28. The SMILES string of the molecule is CCCNCC(CCC)OC(C(F)(F)F)C(F)(F)F. The molecule has 0 aliphatic rings. The number of hydrogen-bond donors (Lipinski definition) is 1. The topological polar surface area (TPSA) is 21.3 Å². The number of ether oxygens (including phenoxy) is 1. The lowest BCUT2D eigenvalue weighted by molar-refractivity contribution is -0.330. The molecule has 0 spiro atoms. The highest BCUT2D eigenvalue weighted by molar-refractivity contribution is 4.78. The van der Waals surface area contributed by atoms with Crippen LogP contribution in [0.4, 0.5) is 26.3 Å². The van der Waals surface area contributed by atoms with E-state index in [1.54, 1.807) is 6.92 Å². The first-order valence-electron chi connectivity index (χ1n) is 6.12. The van der Waals surface area contributed by atoms with Gasteiger partial charge in [0.15, 0.2) is 0 Å². The fraction of sp³-hybridized carbons (Fsp3) is 1.00. The molecule has 0 rings (SSSR count). The first kappa shape index (κ1) is 18.5. The minimum atomic E-state index is -5.45. The van der Waals surface area contributed by atoms with Crippen LogP contribution in [0.15, 0.2) is 0 Å². The lowest BCUT2D eigenvalue weighted by atomic mass is 10.2. The van der Waals surface area contributed by atoms with Crippen molar-refractivity contribution >= 4 is 0 Å². The number of hydrogen-bond acceptors (Lipinski definition) is 2. The monoisotopic (exact) mass is 295 g/mol. The highest BCUT2D eigenvalue weighted by Crippen LogP contribution is 2.36. The van der Waals surface area contributed by atoms with Crippen LogP contribution in [0.1, 0.15) is 33.1 Å². The third-order valence-electron chi connectivity index (χ3n) is 2.33. The second-order valence-electron chi connectivity index (χ2n) is 4.21. The smallest absolute Gasteiger partial charge is 0.356 e. The van der Waals surface area contributed by atoms with Gasteiger partial charge in [-0.3, -0.25) is 0 Å². The van der Waals surface area contributed by atoms with Gasteiger partial charge in [-0.25, -0.2) is 0 Å². The van der Waals surface area contributed by atoms with Crippen LogP contribution in [-0.4, -0.2) is 37.7 Å². The summed E-state index contributed by atoms with van der Waals surface area (Å²) in [6, 6.07) is 0. The molecule has 0 aromatic carbocycles. The van der Waals surface area contributed by atoms with Crippen molar-refractivity contribution in [3.05, 3.63) is 0 Å². The molecule has 116 valence electrons. The van der Waals surface area contributed by atoms with Crippen molar-refractivity contribution in [2.75, 3.05) is 13.1 Å². The Hall–Kier alpha value is -0.500. The van der Waals surface area contributed by atoms with Crippen molar-refractivity contribution in [1.29, 1.82) is 0 Å². The van der Waals surface area contributed by atoms with Gasteiger partial charge in [0.2, 0.25) is 6.10 Å². The Balaban J connectivity index is 4.65. The first-order chi connectivity index (χ1) is 8.62. The summed E-state index contributed by atoms with van der Waals surface area (Å²) in [7, 11) is 0. The maximum absolute atomic E-state index is 12.3. The minimum Gasteiger partial charge on any atom is -0.356 e. The van der Waals surface area contributed by atoms with E-state index in [-0.39, 0.29) is 13.0 Å². The summed E-state index contributed by atoms with van der Waals surface area (Å²) in [5.74, 6) is 0. The summed E-state index contributed by atoms with van der Waals surface area (Å²) >= 11 is 0. The van der Waals surface area contributed by atoms with Gasteiger partial charge in [-0.1, -0.05) is 20.3 Å². The van der Waals surface area contributed by atoms with Gasteiger partial charge in [-0.15, -0.1) is 0 Å². The molecule has 1 atom stereocenters. The molecule has 0 heterocycles. The first-order valence-corrected chi connectivity index (χ1v) is 6.12. The standard InChI is InChI=1S/C11H19F6NO/c1-3-5-8(7-18-6-4-2)19-9(10(12,13)14)11(15,16)17/h8-9,18H,3-7H2,1-2H3. The molecule has 0 aliphatic carbocycles. The van der Waals surface area contributed by atoms with Crippen LogP contribution >= 0.6 is 0 Å². The summed E-state index contributed by atoms with van der Waals surface area (Å²) in [6.07, 6.45) is -14.4. The third kappa shape index (κ3) is 7.61. The van der Waals surface area contributed by atoms with Gasteiger partial charge in [0.25, 0.3) is 0 Å². The molecule has 0 bridgehead atoms. The van der Waals surface area contributed by atoms with E-state index in [1.807, 2.05) is 6.92 Å². The largest absolute Gasteiger partial charge is 0.423 e. The molecule has 0 fully saturated rings. The van der Waals surface area contributed by atoms with Crippen LogP contribution in [-0.2, 0) is 4.74 Å². The molecule has 0 amide bonds. The lowest BCUT2D eigenvalue weighted by Crippen LogP contribution is -2.48. The number of rotatable bonds is 8. The van der Waals surface area contributed by atoms with Crippen molar-refractivity contribution in [3.8, 4) is 0 Å². The highest BCUT2D eigenvalue weighted by Gasteiger charge is 2.58. The molecule has 0 aromatic heterocycles. The van der Waals surface area contributed by atoms with Crippen molar-refractivity contribution in [3.63, 3.8) is 0 Å². The Morgan fingerprint density at radius 1 is 0.947 bits per heavy atom. The molecule has 0 saturated heterocycles. The Labute approximate surface area is 108 Å². The van der Waals surface area contributed by atoms with Crippen molar-refractivity contribution < 1.29 is 31.1 Å². The molecule has 0 aliphatic heterocycles. The van der Waals surface area contributed by atoms with Crippen LogP contribution in [0.3, 0.4) is 0 Å². The van der Waals surface area contributed by atoms with E-state index in [2.05, 4.69) is 10.1 Å². The van der Waals surface area contributed by atoms with Gasteiger partial charge >= 0.3 is 12.4 Å². The summed E-state index contributed by atoms with van der Waals surface area (Å²) in [5.41, 5.74) is 0. The summed E-state index contributed by atoms with van der Waals surface area (Å²) in [6.45, 7) is 4.01. The second kappa shape index (κ2) is 7.94. The molecule has 0 saturated carbocycles.